The van der Waals surface area contributed by atoms with E-state index in [-0.39, 0.29) is 11.5 Å². The minimum atomic E-state index is -1.07. The molecule has 1 aromatic heterocycles. The Balaban J connectivity index is 1.33. The van der Waals surface area contributed by atoms with Crippen LogP contribution >= 0.6 is 0 Å². The molecule has 0 spiro atoms. The molecular weight excluding hydrogens is 452 g/mol. The van der Waals surface area contributed by atoms with Crippen molar-refractivity contribution in [2.24, 2.45) is 0 Å². The van der Waals surface area contributed by atoms with Crippen molar-refractivity contribution in [3.8, 4) is 0 Å². The Morgan fingerprint density at radius 2 is 1.54 bits per heavy atom. The number of ketones is 1. The van der Waals surface area contributed by atoms with Crippen molar-refractivity contribution >= 4 is 40.0 Å². The van der Waals surface area contributed by atoms with Crippen LogP contribution in [0.3, 0.4) is 0 Å². The topological polar surface area (TPSA) is 87.2 Å². The van der Waals surface area contributed by atoms with Gasteiger partial charge >= 0.3 is 6.03 Å². The summed E-state index contributed by atoms with van der Waals surface area (Å²) in [6.07, 6.45) is 4.01. The van der Waals surface area contributed by atoms with Gasteiger partial charge in [-0.05, 0) is 55.3 Å². The number of aromatic nitrogens is 2. The van der Waals surface area contributed by atoms with Crippen LogP contribution in [0, 0.1) is 11.6 Å². The average Bonchev–Trinajstić information content (AvgIpc) is 3.40. The number of benzene rings is 3. The van der Waals surface area contributed by atoms with E-state index in [1.807, 2.05) is 0 Å². The Kier molecular flexibility index (Phi) is 6.05. The van der Waals surface area contributed by atoms with Gasteiger partial charge in [-0.1, -0.05) is 12.1 Å². The van der Waals surface area contributed by atoms with Gasteiger partial charge in [-0.2, -0.15) is 0 Å². The van der Waals surface area contributed by atoms with Gasteiger partial charge < -0.3 is 15.5 Å². The number of urea groups is 1. The van der Waals surface area contributed by atoms with E-state index in [2.05, 4.69) is 20.5 Å². The van der Waals surface area contributed by atoms with E-state index in [1.165, 1.54) is 6.07 Å². The summed E-state index contributed by atoms with van der Waals surface area (Å²) in [4.78, 5) is 36.8. The van der Waals surface area contributed by atoms with Gasteiger partial charge in [0.05, 0.1) is 17.2 Å². The molecule has 2 N–H and O–H groups in total. The van der Waals surface area contributed by atoms with Crippen molar-refractivity contribution in [3.05, 3.63) is 89.6 Å². The molecule has 176 valence electrons. The molecule has 0 bridgehead atoms. The van der Waals surface area contributed by atoms with Crippen LogP contribution in [0.25, 0.3) is 11.0 Å². The molecule has 0 saturated carbocycles. The molecule has 0 unspecified atom stereocenters. The maximum Gasteiger partial charge on any atom is 0.323 e. The molecule has 7 nitrogen and oxygen atoms in total. The minimum absolute atomic E-state index is 0.0965. The molecule has 1 saturated heterocycles. The number of nitrogens with zero attached hydrogens (tertiary/aromatic N) is 3. The van der Waals surface area contributed by atoms with Gasteiger partial charge in [0.25, 0.3) is 0 Å². The number of amides is 2. The molecule has 0 radical (unpaired) electrons. The number of rotatable bonds is 5. The van der Waals surface area contributed by atoms with E-state index in [9.17, 15) is 18.4 Å². The van der Waals surface area contributed by atoms with Crippen molar-refractivity contribution in [2.75, 3.05) is 28.6 Å². The van der Waals surface area contributed by atoms with Gasteiger partial charge in [-0.3, -0.25) is 9.78 Å². The molecule has 2 amide bonds. The normalized spacial score (nSPS) is 13.1. The van der Waals surface area contributed by atoms with Crippen LogP contribution in [0.15, 0.2) is 66.9 Å². The van der Waals surface area contributed by atoms with Crippen LogP contribution in [0.4, 0.5) is 30.8 Å². The van der Waals surface area contributed by atoms with Crippen molar-refractivity contribution in [1.82, 2.24) is 9.97 Å². The van der Waals surface area contributed by atoms with Crippen molar-refractivity contribution in [3.63, 3.8) is 0 Å². The zero-order valence-electron chi connectivity index (χ0n) is 18.6. The first kappa shape index (κ1) is 22.4. The maximum absolute atomic E-state index is 13.4. The Bertz CT molecular complexity index is 1440. The van der Waals surface area contributed by atoms with Crippen LogP contribution in [-0.2, 0) is 0 Å². The Morgan fingerprint density at radius 1 is 0.800 bits per heavy atom. The maximum atomic E-state index is 13.4. The molecule has 2 heterocycles. The highest BCUT2D eigenvalue weighted by Crippen LogP contribution is 2.22. The van der Waals surface area contributed by atoms with E-state index >= 15 is 0 Å². The molecule has 5 rings (SSSR count). The number of hydrogen-bond donors (Lipinski definition) is 2. The second-order valence-corrected chi connectivity index (χ2v) is 8.24. The summed E-state index contributed by atoms with van der Waals surface area (Å²) in [5.41, 5.74) is 2.63. The fourth-order valence-corrected chi connectivity index (χ4v) is 4.01. The summed E-state index contributed by atoms with van der Waals surface area (Å²) in [7, 11) is 0. The minimum Gasteiger partial charge on any atom is -0.355 e. The fraction of sp³-hybridized carbons (Fsp3) is 0.154. The van der Waals surface area contributed by atoms with E-state index in [1.54, 1.807) is 48.7 Å². The second-order valence-electron chi connectivity index (χ2n) is 8.24. The second kappa shape index (κ2) is 9.46. The van der Waals surface area contributed by atoms with E-state index < -0.39 is 17.7 Å². The lowest BCUT2D eigenvalue weighted by molar-refractivity contribution is 0.103. The fourth-order valence-electron chi connectivity index (χ4n) is 4.01. The molecular formula is C26H21F2N5O2. The Labute approximate surface area is 199 Å². The number of carbonyl (C=O) groups excluding carboxylic acids is 2. The van der Waals surface area contributed by atoms with Crippen LogP contribution in [0.5, 0.6) is 0 Å². The molecule has 9 heteroatoms. The summed E-state index contributed by atoms with van der Waals surface area (Å²) in [6, 6.07) is 14.0. The van der Waals surface area contributed by atoms with Gasteiger partial charge in [-0.25, -0.2) is 18.6 Å². The number of anilines is 3. The third-order valence-electron chi connectivity index (χ3n) is 5.78. The van der Waals surface area contributed by atoms with Crippen molar-refractivity contribution < 1.29 is 18.4 Å². The largest absolute Gasteiger partial charge is 0.355 e. The SMILES string of the molecule is O=C(Nc1cccc(C(=O)c2ccc3ncc(N4CCCC4)nc3c2)c1)Nc1ccc(F)c(F)c1. The van der Waals surface area contributed by atoms with Gasteiger partial charge in [-0.15, -0.1) is 0 Å². The highest BCUT2D eigenvalue weighted by molar-refractivity contribution is 6.11. The van der Waals surface area contributed by atoms with Gasteiger partial charge in [0.1, 0.15) is 5.82 Å². The van der Waals surface area contributed by atoms with Gasteiger partial charge in [0.15, 0.2) is 17.4 Å². The molecule has 1 aliphatic rings. The van der Waals surface area contributed by atoms with E-state index in [0.717, 1.165) is 43.9 Å². The zero-order chi connectivity index (χ0) is 24.4. The van der Waals surface area contributed by atoms with Crippen LogP contribution < -0.4 is 15.5 Å². The van der Waals surface area contributed by atoms with Crippen LogP contribution in [0.2, 0.25) is 0 Å². The molecule has 0 atom stereocenters. The molecule has 35 heavy (non-hydrogen) atoms. The number of halogens is 2. The molecule has 4 aromatic rings. The average molecular weight is 473 g/mol. The smallest absolute Gasteiger partial charge is 0.323 e. The molecule has 0 aliphatic carbocycles. The Morgan fingerprint density at radius 3 is 2.31 bits per heavy atom. The summed E-state index contributed by atoms with van der Waals surface area (Å²) in [6.45, 7) is 1.89. The zero-order valence-corrected chi connectivity index (χ0v) is 18.6. The summed E-state index contributed by atoms with van der Waals surface area (Å²) >= 11 is 0. The molecule has 1 fully saturated rings. The summed E-state index contributed by atoms with van der Waals surface area (Å²) in [5.74, 6) is -1.50. The lowest BCUT2D eigenvalue weighted by atomic mass is 10.0. The van der Waals surface area contributed by atoms with E-state index in [0.29, 0.717) is 27.8 Å². The lowest BCUT2D eigenvalue weighted by Crippen LogP contribution is -2.19. The molecule has 1 aliphatic heterocycles. The number of fused-ring (bicyclic) bond motifs is 1. The predicted molar refractivity (Wildman–Crippen MR) is 130 cm³/mol. The third kappa shape index (κ3) is 4.93. The lowest BCUT2D eigenvalue weighted by Gasteiger charge is -2.16. The van der Waals surface area contributed by atoms with Gasteiger partial charge in [0.2, 0.25) is 0 Å². The highest BCUT2D eigenvalue weighted by atomic mass is 19.2. The third-order valence-corrected chi connectivity index (χ3v) is 5.78. The quantitative estimate of drug-likeness (QED) is 0.380. The van der Waals surface area contributed by atoms with Gasteiger partial charge in [0, 0.05) is 41.7 Å². The van der Waals surface area contributed by atoms with Crippen LogP contribution in [-0.4, -0.2) is 34.9 Å². The predicted octanol–water partition coefficient (Wildman–Crippen LogP) is 5.38. The first-order valence-electron chi connectivity index (χ1n) is 11.2. The van der Waals surface area contributed by atoms with Crippen LogP contribution in [0.1, 0.15) is 28.8 Å². The van der Waals surface area contributed by atoms with Crippen molar-refractivity contribution in [1.29, 1.82) is 0 Å². The van der Waals surface area contributed by atoms with Crippen molar-refractivity contribution in [2.45, 2.75) is 12.8 Å². The number of nitrogens with one attached hydrogen (secondary N) is 2. The number of carbonyl (C=O) groups is 2. The highest BCUT2D eigenvalue weighted by Gasteiger charge is 2.16. The standard InChI is InChI=1S/C26H21F2N5O2/c27-20-8-7-19(14-21(20)28)31-26(35)30-18-5-3-4-16(12-18)25(34)17-6-9-22-23(13-17)32-24(15-29-22)33-10-1-2-11-33/h3-9,12-15H,1-2,10-11H2,(H2,30,31,35). The molecule has 3 aromatic carbocycles. The monoisotopic (exact) mass is 473 g/mol. The number of hydrogen-bond acceptors (Lipinski definition) is 5. The first-order chi connectivity index (χ1) is 17.0. The Hall–Kier alpha value is -4.40. The summed E-state index contributed by atoms with van der Waals surface area (Å²) in [5, 5.41) is 5.02. The van der Waals surface area contributed by atoms with E-state index in [4.69, 9.17) is 4.98 Å². The first-order valence-corrected chi connectivity index (χ1v) is 11.2. The summed E-state index contributed by atoms with van der Waals surface area (Å²) < 4.78 is 26.4.